The summed E-state index contributed by atoms with van der Waals surface area (Å²) >= 11 is 6.29. The minimum absolute atomic E-state index is 0.0420. The van der Waals surface area contributed by atoms with E-state index in [1.54, 1.807) is 0 Å². The molecule has 4 bridgehead atoms. The van der Waals surface area contributed by atoms with Crippen molar-refractivity contribution in [2.24, 2.45) is 23.7 Å². The van der Waals surface area contributed by atoms with Crippen LogP contribution in [0.15, 0.2) is 12.1 Å². The second-order valence-electron chi connectivity index (χ2n) is 8.74. The summed E-state index contributed by atoms with van der Waals surface area (Å²) in [5, 5.41) is 0.140. The van der Waals surface area contributed by atoms with E-state index in [-0.39, 0.29) is 22.4 Å². The van der Waals surface area contributed by atoms with Gasteiger partial charge in [0.15, 0.2) is 5.78 Å². The molecule has 5 nitrogen and oxygen atoms in total. The first kappa shape index (κ1) is 20.1. The van der Waals surface area contributed by atoms with Crippen LogP contribution in [0.4, 0.5) is 4.39 Å². The van der Waals surface area contributed by atoms with Crippen molar-refractivity contribution in [3.63, 3.8) is 0 Å². The molecular formula is C20H25ClFNO4S. The number of nitrogens with zero attached hydrogens (tertiary/aromatic N) is 1. The molecule has 0 atom stereocenters. The van der Waals surface area contributed by atoms with Crippen LogP contribution in [0, 0.1) is 29.5 Å². The molecule has 0 amide bonds. The predicted molar refractivity (Wildman–Crippen MR) is 105 cm³/mol. The van der Waals surface area contributed by atoms with Crippen molar-refractivity contribution in [3.8, 4) is 5.75 Å². The lowest BCUT2D eigenvalue weighted by Crippen LogP contribution is -2.50. The van der Waals surface area contributed by atoms with E-state index in [2.05, 4.69) is 0 Å². The summed E-state index contributed by atoms with van der Waals surface area (Å²) in [6.07, 6.45) is 6.03. The fourth-order valence-electron chi connectivity index (χ4n) is 5.42. The molecule has 4 saturated carbocycles. The number of hydrogen-bond acceptors (Lipinski definition) is 4. The predicted octanol–water partition coefficient (Wildman–Crippen LogP) is 3.76. The van der Waals surface area contributed by atoms with Crippen LogP contribution >= 0.6 is 11.6 Å². The van der Waals surface area contributed by atoms with Crippen LogP contribution in [0.5, 0.6) is 5.75 Å². The number of carbonyl (C=O) groups is 1. The van der Waals surface area contributed by atoms with Gasteiger partial charge in [-0.3, -0.25) is 4.79 Å². The SMILES string of the molecule is CN(C)S(=O)(=O)CC(=O)c1cc(Cl)c(OC2C3CC4CC(C3)CC2C4)cc1F. The fourth-order valence-corrected chi connectivity index (χ4v) is 6.37. The van der Waals surface area contributed by atoms with E-state index < -0.39 is 27.4 Å². The summed E-state index contributed by atoms with van der Waals surface area (Å²) in [5.74, 6) is 0.383. The molecule has 0 N–H and O–H groups in total. The van der Waals surface area contributed by atoms with Gasteiger partial charge in [0.25, 0.3) is 0 Å². The first-order valence-corrected chi connectivity index (χ1v) is 11.7. The molecule has 0 heterocycles. The third-order valence-corrected chi connectivity index (χ3v) is 8.63. The molecule has 4 aliphatic rings. The average molecular weight is 430 g/mol. The van der Waals surface area contributed by atoms with Crippen LogP contribution in [0.2, 0.25) is 5.02 Å². The van der Waals surface area contributed by atoms with Gasteiger partial charge in [-0.2, -0.15) is 0 Å². The first-order valence-electron chi connectivity index (χ1n) is 9.73. The Labute approximate surface area is 170 Å². The van der Waals surface area contributed by atoms with E-state index in [0.717, 1.165) is 47.9 Å². The van der Waals surface area contributed by atoms with Crippen LogP contribution in [-0.2, 0) is 10.0 Å². The molecule has 28 heavy (non-hydrogen) atoms. The highest BCUT2D eigenvalue weighted by atomic mass is 35.5. The van der Waals surface area contributed by atoms with Crippen molar-refractivity contribution in [2.45, 2.75) is 38.2 Å². The highest BCUT2D eigenvalue weighted by Gasteiger charge is 2.49. The van der Waals surface area contributed by atoms with Gasteiger partial charge in [0, 0.05) is 20.2 Å². The Kier molecular flexibility index (Phi) is 5.21. The number of halogens is 2. The van der Waals surface area contributed by atoms with Crippen molar-refractivity contribution in [2.75, 3.05) is 19.8 Å². The molecule has 8 heteroatoms. The van der Waals surface area contributed by atoms with Gasteiger partial charge in [-0.15, -0.1) is 0 Å². The number of ketones is 1. The lowest BCUT2D eigenvalue weighted by atomic mass is 9.55. The monoisotopic (exact) mass is 429 g/mol. The zero-order chi connectivity index (χ0) is 20.2. The zero-order valence-electron chi connectivity index (χ0n) is 16.0. The minimum atomic E-state index is -3.78. The Balaban J connectivity index is 1.53. The topological polar surface area (TPSA) is 63.7 Å². The average Bonchev–Trinajstić information content (AvgIpc) is 2.59. The second kappa shape index (κ2) is 7.26. The molecule has 4 aliphatic carbocycles. The number of ether oxygens (including phenoxy) is 1. The van der Waals surface area contributed by atoms with Gasteiger partial charge in [-0.1, -0.05) is 11.6 Å². The molecule has 5 rings (SSSR count). The number of hydrogen-bond donors (Lipinski definition) is 0. The van der Waals surface area contributed by atoms with E-state index in [4.69, 9.17) is 16.3 Å². The summed E-state index contributed by atoms with van der Waals surface area (Å²) in [6, 6.07) is 2.32. The van der Waals surface area contributed by atoms with E-state index in [1.165, 1.54) is 26.6 Å². The Bertz CT molecular complexity index is 874. The minimum Gasteiger partial charge on any atom is -0.488 e. The van der Waals surface area contributed by atoms with Gasteiger partial charge in [-0.05, 0) is 61.8 Å². The lowest BCUT2D eigenvalue weighted by Gasteiger charge is -2.53. The summed E-state index contributed by atoms with van der Waals surface area (Å²) in [6.45, 7) is 0. The van der Waals surface area contributed by atoms with E-state index >= 15 is 0 Å². The zero-order valence-corrected chi connectivity index (χ0v) is 17.6. The maximum absolute atomic E-state index is 14.6. The molecule has 0 radical (unpaired) electrons. The van der Waals surface area contributed by atoms with Crippen molar-refractivity contribution >= 4 is 27.4 Å². The normalized spacial score (nSPS) is 31.4. The van der Waals surface area contributed by atoms with Crippen molar-refractivity contribution in [1.29, 1.82) is 0 Å². The van der Waals surface area contributed by atoms with Gasteiger partial charge in [-0.25, -0.2) is 17.1 Å². The fraction of sp³-hybridized carbons (Fsp3) is 0.650. The maximum Gasteiger partial charge on any atom is 0.221 e. The van der Waals surface area contributed by atoms with Gasteiger partial charge in [0.2, 0.25) is 10.0 Å². The van der Waals surface area contributed by atoms with Crippen molar-refractivity contribution in [3.05, 3.63) is 28.5 Å². The first-order chi connectivity index (χ1) is 13.1. The number of benzene rings is 1. The number of carbonyl (C=O) groups excluding carboxylic acids is 1. The van der Waals surface area contributed by atoms with Crippen LogP contribution in [-0.4, -0.2) is 44.5 Å². The Morgan fingerprint density at radius 3 is 2.25 bits per heavy atom. The van der Waals surface area contributed by atoms with E-state index in [1.807, 2.05) is 0 Å². The van der Waals surface area contributed by atoms with Gasteiger partial charge >= 0.3 is 0 Å². The van der Waals surface area contributed by atoms with Crippen LogP contribution in [0.25, 0.3) is 0 Å². The molecular weight excluding hydrogens is 405 g/mol. The Morgan fingerprint density at radius 1 is 1.14 bits per heavy atom. The van der Waals surface area contributed by atoms with E-state index in [0.29, 0.717) is 11.8 Å². The summed E-state index contributed by atoms with van der Waals surface area (Å²) in [5.41, 5.74) is -0.326. The lowest BCUT2D eigenvalue weighted by molar-refractivity contribution is -0.0790. The Hall–Kier alpha value is -1.18. The molecule has 0 unspecified atom stereocenters. The van der Waals surface area contributed by atoms with Gasteiger partial charge < -0.3 is 4.74 Å². The summed E-state index contributed by atoms with van der Waals surface area (Å²) < 4.78 is 45.5. The molecule has 154 valence electrons. The number of Topliss-reactive ketones (excluding diaryl/α,β-unsaturated/α-hetero) is 1. The summed E-state index contributed by atoms with van der Waals surface area (Å²) in [7, 11) is -1.12. The van der Waals surface area contributed by atoms with Gasteiger partial charge in [0.1, 0.15) is 23.4 Å². The molecule has 0 aliphatic heterocycles. The third-order valence-electron chi connectivity index (χ3n) is 6.60. The largest absolute Gasteiger partial charge is 0.488 e. The highest BCUT2D eigenvalue weighted by Crippen LogP contribution is 2.54. The van der Waals surface area contributed by atoms with Crippen LogP contribution < -0.4 is 4.74 Å². The van der Waals surface area contributed by atoms with Crippen molar-refractivity contribution < 1.29 is 22.3 Å². The number of rotatable bonds is 6. The molecule has 1 aromatic carbocycles. The Morgan fingerprint density at radius 2 is 1.71 bits per heavy atom. The summed E-state index contributed by atoms with van der Waals surface area (Å²) in [4.78, 5) is 12.3. The van der Waals surface area contributed by atoms with Gasteiger partial charge in [0.05, 0.1) is 10.6 Å². The maximum atomic E-state index is 14.6. The standard InChI is InChI=1S/C20H25ClFNO4S/c1-23(2)28(25,26)10-18(24)15-8-16(21)19(9-17(15)22)27-20-13-4-11-3-12(6-13)7-14(20)5-11/h8-9,11-14,20H,3-7,10H2,1-2H3. The molecule has 0 spiro atoms. The second-order valence-corrected chi connectivity index (χ2v) is 11.3. The smallest absolute Gasteiger partial charge is 0.221 e. The van der Waals surface area contributed by atoms with Crippen LogP contribution in [0.1, 0.15) is 42.5 Å². The third kappa shape index (κ3) is 3.68. The molecule has 0 aromatic heterocycles. The number of sulfonamides is 1. The molecule has 4 fully saturated rings. The van der Waals surface area contributed by atoms with Crippen LogP contribution in [0.3, 0.4) is 0 Å². The van der Waals surface area contributed by atoms with Crippen molar-refractivity contribution in [1.82, 2.24) is 4.31 Å². The van der Waals surface area contributed by atoms with E-state index in [9.17, 15) is 17.6 Å². The highest BCUT2D eigenvalue weighted by molar-refractivity contribution is 7.89. The molecule has 1 aromatic rings. The quantitative estimate of drug-likeness (QED) is 0.646. The molecule has 0 saturated heterocycles.